The van der Waals surface area contributed by atoms with Gasteiger partial charge < -0.3 is 9.47 Å². The van der Waals surface area contributed by atoms with Crippen LogP contribution in [0.5, 0.6) is 11.5 Å². The maximum absolute atomic E-state index is 14.1. The van der Waals surface area contributed by atoms with Crippen molar-refractivity contribution in [1.29, 1.82) is 0 Å². The second-order valence-corrected chi connectivity index (χ2v) is 14.1. The fourth-order valence-corrected chi connectivity index (χ4v) is 8.10. The van der Waals surface area contributed by atoms with Gasteiger partial charge in [0, 0.05) is 0 Å². The minimum Gasteiger partial charge on any atom is -0.497 e. The van der Waals surface area contributed by atoms with Crippen molar-refractivity contribution in [2.75, 3.05) is 14.2 Å². The first kappa shape index (κ1) is 31.3. The van der Waals surface area contributed by atoms with Crippen LogP contribution in [-0.2, 0) is 20.0 Å². The van der Waals surface area contributed by atoms with Crippen LogP contribution in [0, 0.1) is 0 Å². The largest absolute Gasteiger partial charge is 0.497 e. The number of sulfonamides is 2. The zero-order valence-electron chi connectivity index (χ0n) is 25.1. The van der Waals surface area contributed by atoms with E-state index >= 15 is 0 Å². The molecule has 46 heavy (non-hydrogen) atoms. The summed E-state index contributed by atoms with van der Waals surface area (Å²) in [7, 11) is -5.38. The Labute approximate surface area is 268 Å². The summed E-state index contributed by atoms with van der Waals surface area (Å²) >= 11 is 0. The predicted molar refractivity (Wildman–Crippen MR) is 180 cm³/mol. The van der Waals surface area contributed by atoms with Gasteiger partial charge in [0.15, 0.2) is 0 Å². The van der Waals surface area contributed by atoms with Gasteiger partial charge in [-0.3, -0.25) is 0 Å². The van der Waals surface area contributed by atoms with Crippen LogP contribution >= 0.6 is 0 Å². The van der Waals surface area contributed by atoms with Crippen LogP contribution in [0.3, 0.4) is 0 Å². The zero-order chi connectivity index (χ0) is 32.3. The molecule has 0 aliphatic heterocycles. The number of rotatable bonds is 11. The number of hydrogen-bond donors (Lipinski definition) is 2. The van der Waals surface area contributed by atoms with Crippen molar-refractivity contribution < 1.29 is 26.3 Å². The molecule has 0 aromatic heterocycles. The molecule has 6 aromatic rings. The molecule has 2 atom stereocenters. The highest BCUT2D eigenvalue weighted by Crippen LogP contribution is 2.38. The van der Waals surface area contributed by atoms with Crippen molar-refractivity contribution in [2.45, 2.75) is 21.9 Å². The highest BCUT2D eigenvalue weighted by Gasteiger charge is 2.35. The second-order valence-electron chi connectivity index (χ2n) is 10.7. The Balaban J connectivity index is 1.58. The van der Waals surface area contributed by atoms with E-state index in [4.69, 9.17) is 9.47 Å². The van der Waals surface area contributed by atoms with Crippen LogP contribution in [0.4, 0.5) is 0 Å². The number of nitrogens with one attached hydrogen (secondary N) is 2. The quantitative estimate of drug-likeness (QED) is 0.160. The Hall–Kier alpha value is -4.74. The van der Waals surface area contributed by atoms with Crippen LogP contribution < -0.4 is 18.9 Å². The van der Waals surface area contributed by atoms with Gasteiger partial charge in [-0.15, -0.1) is 0 Å². The summed E-state index contributed by atoms with van der Waals surface area (Å²) in [6.07, 6.45) is 0. The molecular formula is C36H32N2O6S2. The second kappa shape index (κ2) is 12.9. The number of ether oxygens (including phenoxy) is 2. The van der Waals surface area contributed by atoms with Crippen molar-refractivity contribution in [3.05, 3.63) is 145 Å². The fraction of sp³-hybridized carbons (Fsp3) is 0.111. The van der Waals surface area contributed by atoms with E-state index in [-0.39, 0.29) is 9.79 Å². The van der Waals surface area contributed by atoms with Crippen molar-refractivity contribution in [2.24, 2.45) is 0 Å². The maximum Gasteiger partial charge on any atom is 0.241 e. The van der Waals surface area contributed by atoms with Gasteiger partial charge >= 0.3 is 0 Å². The lowest BCUT2D eigenvalue weighted by molar-refractivity contribution is 0.414. The monoisotopic (exact) mass is 652 g/mol. The lowest BCUT2D eigenvalue weighted by Crippen LogP contribution is -2.41. The lowest BCUT2D eigenvalue weighted by Gasteiger charge is -2.31. The van der Waals surface area contributed by atoms with E-state index in [0.717, 1.165) is 21.5 Å². The first-order valence-corrected chi connectivity index (χ1v) is 17.4. The van der Waals surface area contributed by atoms with Gasteiger partial charge in [0.2, 0.25) is 20.0 Å². The summed E-state index contributed by atoms with van der Waals surface area (Å²) in [6, 6.07) is 36.3. The SMILES string of the molecule is COc1ccc(S(=O)(=O)N[C@H](c2cccc3ccccc23)[C@@H](NS(=O)(=O)c2ccc(OC)cc2)c2cccc3ccccc23)cc1. The summed E-state index contributed by atoms with van der Waals surface area (Å²) in [5.74, 6) is 1.01. The topological polar surface area (TPSA) is 111 Å². The van der Waals surface area contributed by atoms with Crippen molar-refractivity contribution in [3.63, 3.8) is 0 Å². The molecule has 0 saturated heterocycles. The average molecular weight is 653 g/mol. The standard InChI is InChI=1S/C36H32N2O6S2/c1-43-27-17-21-29(22-18-27)45(39,40)37-35(33-15-7-11-25-9-3-5-13-31(25)33)36(34-16-8-12-26-10-4-6-14-32(26)34)38-46(41,42)30-23-19-28(44-2)20-24-30/h3-24,35-38H,1-2H3/t35-,36+. The minimum absolute atomic E-state index is 0.00761. The van der Waals surface area contributed by atoms with E-state index in [1.54, 1.807) is 24.3 Å². The van der Waals surface area contributed by atoms with Crippen LogP contribution in [0.2, 0.25) is 0 Å². The van der Waals surface area contributed by atoms with Gasteiger partial charge in [-0.05, 0) is 81.2 Å². The summed E-state index contributed by atoms with van der Waals surface area (Å²) in [5, 5.41) is 3.31. The van der Waals surface area contributed by atoms with E-state index in [9.17, 15) is 16.8 Å². The molecular weight excluding hydrogens is 621 g/mol. The molecule has 6 aromatic carbocycles. The minimum atomic E-state index is -4.19. The molecule has 0 fully saturated rings. The Morgan fingerprint density at radius 3 is 1.17 bits per heavy atom. The summed E-state index contributed by atoms with van der Waals surface area (Å²) < 4.78 is 72.7. The van der Waals surface area contributed by atoms with Crippen LogP contribution in [-0.4, -0.2) is 31.1 Å². The maximum atomic E-state index is 14.1. The van der Waals surface area contributed by atoms with E-state index in [0.29, 0.717) is 22.6 Å². The molecule has 0 aliphatic carbocycles. The van der Waals surface area contributed by atoms with E-state index in [2.05, 4.69) is 9.44 Å². The highest BCUT2D eigenvalue weighted by atomic mass is 32.2. The number of methoxy groups -OCH3 is 2. The number of benzene rings is 6. The molecule has 0 saturated carbocycles. The van der Waals surface area contributed by atoms with E-state index in [1.165, 1.54) is 38.5 Å². The van der Waals surface area contributed by atoms with Crippen molar-refractivity contribution >= 4 is 41.6 Å². The Kier molecular flexibility index (Phi) is 8.79. The molecule has 8 nitrogen and oxygen atoms in total. The summed E-state index contributed by atoms with van der Waals surface area (Å²) in [6.45, 7) is 0. The normalized spacial score (nSPS) is 13.3. The predicted octanol–water partition coefficient (Wildman–Crippen LogP) is 6.75. The lowest BCUT2D eigenvalue weighted by atomic mass is 9.89. The smallest absolute Gasteiger partial charge is 0.241 e. The van der Waals surface area contributed by atoms with Crippen molar-refractivity contribution in [1.82, 2.24) is 9.44 Å². The molecule has 2 N–H and O–H groups in total. The van der Waals surface area contributed by atoms with E-state index in [1.807, 2.05) is 84.9 Å². The van der Waals surface area contributed by atoms with Crippen LogP contribution in [0.25, 0.3) is 21.5 Å². The first-order valence-electron chi connectivity index (χ1n) is 14.5. The summed E-state index contributed by atoms with van der Waals surface area (Å²) in [5.41, 5.74) is 1.20. The Morgan fingerprint density at radius 2 is 0.804 bits per heavy atom. The molecule has 0 radical (unpaired) electrons. The van der Waals surface area contributed by atoms with Gasteiger partial charge in [0.25, 0.3) is 0 Å². The first-order chi connectivity index (χ1) is 22.2. The summed E-state index contributed by atoms with van der Waals surface area (Å²) in [4.78, 5) is 0.0152. The Morgan fingerprint density at radius 1 is 0.457 bits per heavy atom. The average Bonchev–Trinajstić information content (AvgIpc) is 3.09. The molecule has 234 valence electrons. The van der Waals surface area contributed by atoms with Crippen molar-refractivity contribution in [3.8, 4) is 11.5 Å². The van der Waals surface area contributed by atoms with Gasteiger partial charge in [-0.2, -0.15) is 0 Å². The molecule has 0 bridgehead atoms. The van der Waals surface area contributed by atoms with Crippen LogP contribution in [0.15, 0.2) is 143 Å². The van der Waals surface area contributed by atoms with Gasteiger partial charge in [0.1, 0.15) is 11.5 Å². The fourth-order valence-electron chi connectivity index (χ4n) is 5.65. The van der Waals surface area contributed by atoms with E-state index < -0.39 is 32.1 Å². The molecule has 0 aliphatic rings. The number of fused-ring (bicyclic) bond motifs is 2. The van der Waals surface area contributed by atoms with Gasteiger partial charge in [0.05, 0.1) is 36.1 Å². The molecule has 10 heteroatoms. The third-order valence-corrected chi connectivity index (χ3v) is 10.9. The molecule has 0 heterocycles. The third kappa shape index (κ3) is 6.33. The highest BCUT2D eigenvalue weighted by molar-refractivity contribution is 7.90. The number of hydrogen-bond acceptors (Lipinski definition) is 6. The molecule has 0 unspecified atom stereocenters. The Bertz CT molecular complexity index is 2050. The zero-order valence-corrected chi connectivity index (χ0v) is 26.8. The van der Waals surface area contributed by atoms with Gasteiger partial charge in [-0.25, -0.2) is 26.3 Å². The molecule has 6 rings (SSSR count). The van der Waals surface area contributed by atoms with Gasteiger partial charge in [-0.1, -0.05) is 84.9 Å². The third-order valence-electron chi connectivity index (χ3n) is 7.95. The molecule has 0 amide bonds. The molecule has 0 spiro atoms. The van der Waals surface area contributed by atoms with Crippen LogP contribution in [0.1, 0.15) is 23.2 Å².